The van der Waals surface area contributed by atoms with Crippen LogP contribution >= 0.6 is 11.6 Å². The number of halogens is 2. The van der Waals surface area contributed by atoms with Crippen LogP contribution in [0.1, 0.15) is 18.3 Å². The largest absolute Gasteiger partial charge is 0.275 e. The molecule has 0 radical (unpaired) electrons. The van der Waals surface area contributed by atoms with E-state index in [0.717, 1.165) is 17.7 Å². The van der Waals surface area contributed by atoms with Gasteiger partial charge in [0.2, 0.25) is 0 Å². The Morgan fingerprint density at radius 1 is 1.41 bits per heavy atom. The predicted octanol–water partition coefficient (Wildman–Crippen LogP) is 2.54. The Morgan fingerprint density at radius 3 is 2.71 bits per heavy atom. The highest BCUT2D eigenvalue weighted by Crippen LogP contribution is 2.23. The summed E-state index contributed by atoms with van der Waals surface area (Å²) in [6.45, 7) is 3.55. The molecule has 0 fully saturated rings. The summed E-state index contributed by atoms with van der Waals surface area (Å²) in [7, 11) is 1.82. The van der Waals surface area contributed by atoms with Gasteiger partial charge in [-0.05, 0) is 13.3 Å². The SMILES string of the molecule is CCc1nn(C)cc1-c1nc(C)c(F)c(Cl)n1. The maximum absolute atomic E-state index is 13.3. The van der Waals surface area contributed by atoms with Crippen LogP contribution in [0, 0.1) is 12.7 Å². The zero-order valence-corrected chi connectivity index (χ0v) is 10.6. The van der Waals surface area contributed by atoms with Crippen molar-refractivity contribution < 1.29 is 4.39 Å². The summed E-state index contributed by atoms with van der Waals surface area (Å²) in [5.74, 6) is -0.156. The summed E-state index contributed by atoms with van der Waals surface area (Å²) >= 11 is 5.72. The van der Waals surface area contributed by atoms with Crippen molar-refractivity contribution in [3.05, 3.63) is 28.6 Å². The van der Waals surface area contributed by atoms with E-state index >= 15 is 0 Å². The van der Waals surface area contributed by atoms with Crippen molar-refractivity contribution in [2.24, 2.45) is 7.05 Å². The second kappa shape index (κ2) is 4.41. The molecule has 0 bridgehead atoms. The monoisotopic (exact) mass is 254 g/mol. The lowest BCUT2D eigenvalue weighted by Gasteiger charge is -2.03. The highest BCUT2D eigenvalue weighted by Gasteiger charge is 2.15. The summed E-state index contributed by atoms with van der Waals surface area (Å²) in [6.07, 6.45) is 2.56. The molecular formula is C11H12ClFN4. The van der Waals surface area contributed by atoms with Gasteiger partial charge in [0.25, 0.3) is 0 Å². The minimum Gasteiger partial charge on any atom is -0.275 e. The van der Waals surface area contributed by atoms with Gasteiger partial charge in [-0.25, -0.2) is 14.4 Å². The van der Waals surface area contributed by atoms with Crippen LogP contribution in [-0.2, 0) is 13.5 Å². The van der Waals surface area contributed by atoms with Gasteiger partial charge in [-0.2, -0.15) is 5.10 Å². The molecule has 0 aliphatic rings. The van der Waals surface area contributed by atoms with E-state index in [0.29, 0.717) is 5.82 Å². The first-order valence-electron chi connectivity index (χ1n) is 5.25. The zero-order chi connectivity index (χ0) is 12.6. The second-order valence-corrected chi connectivity index (χ2v) is 4.11. The fraction of sp³-hybridized carbons (Fsp3) is 0.364. The third-order valence-electron chi connectivity index (χ3n) is 2.46. The average Bonchev–Trinajstić information content (AvgIpc) is 2.66. The van der Waals surface area contributed by atoms with E-state index in [-0.39, 0.29) is 10.8 Å². The number of nitrogens with zero attached hydrogens (tertiary/aromatic N) is 4. The van der Waals surface area contributed by atoms with Crippen LogP contribution in [0.3, 0.4) is 0 Å². The normalized spacial score (nSPS) is 10.9. The number of hydrogen-bond donors (Lipinski definition) is 0. The third-order valence-corrected chi connectivity index (χ3v) is 2.71. The molecule has 0 atom stereocenters. The number of rotatable bonds is 2. The standard InChI is InChI=1S/C11H12ClFN4/c1-4-8-7(5-17(3)16-8)11-14-6(2)9(13)10(12)15-11/h5H,4H2,1-3H3. The topological polar surface area (TPSA) is 43.6 Å². The second-order valence-electron chi connectivity index (χ2n) is 3.75. The molecule has 0 aliphatic carbocycles. The number of hydrogen-bond acceptors (Lipinski definition) is 3. The van der Waals surface area contributed by atoms with Crippen molar-refractivity contribution in [3.8, 4) is 11.4 Å². The fourth-order valence-corrected chi connectivity index (χ4v) is 1.84. The van der Waals surface area contributed by atoms with Crippen LogP contribution in [0.2, 0.25) is 5.15 Å². The fourth-order valence-electron chi connectivity index (χ4n) is 1.63. The molecule has 4 nitrogen and oxygen atoms in total. The van der Waals surface area contributed by atoms with Gasteiger partial charge in [-0.15, -0.1) is 0 Å². The Kier molecular flexibility index (Phi) is 3.11. The van der Waals surface area contributed by atoms with Crippen LogP contribution in [-0.4, -0.2) is 19.7 Å². The Balaban J connectivity index is 2.60. The van der Waals surface area contributed by atoms with Gasteiger partial charge >= 0.3 is 0 Å². The molecule has 2 rings (SSSR count). The van der Waals surface area contributed by atoms with Gasteiger partial charge < -0.3 is 0 Å². The van der Waals surface area contributed by atoms with Crippen LogP contribution in [0.5, 0.6) is 0 Å². The van der Waals surface area contributed by atoms with Crippen LogP contribution < -0.4 is 0 Å². The lowest BCUT2D eigenvalue weighted by atomic mass is 10.2. The summed E-state index contributed by atoms with van der Waals surface area (Å²) in [5, 5.41) is 4.13. The minimum atomic E-state index is -0.572. The lowest BCUT2D eigenvalue weighted by Crippen LogP contribution is -1.98. The van der Waals surface area contributed by atoms with E-state index in [1.54, 1.807) is 11.6 Å². The van der Waals surface area contributed by atoms with Crippen LogP contribution in [0.25, 0.3) is 11.4 Å². The molecule has 90 valence electrons. The van der Waals surface area contributed by atoms with Gasteiger partial charge in [0.05, 0.1) is 17.0 Å². The molecular weight excluding hydrogens is 243 g/mol. The Hall–Kier alpha value is -1.49. The molecule has 0 aromatic carbocycles. The lowest BCUT2D eigenvalue weighted by molar-refractivity contribution is 0.603. The molecule has 17 heavy (non-hydrogen) atoms. The molecule has 0 aliphatic heterocycles. The maximum Gasteiger partial charge on any atom is 0.181 e. The quantitative estimate of drug-likeness (QED) is 0.774. The van der Waals surface area contributed by atoms with E-state index < -0.39 is 5.82 Å². The van der Waals surface area contributed by atoms with E-state index in [1.165, 1.54) is 0 Å². The molecule has 6 heteroatoms. The summed E-state index contributed by atoms with van der Waals surface area (Å²) in [4.78, 5) is 8.05. The van der Waals surface area contributed by atoms with Crippen molar-refractivity contribution in [1.82, 2.24) is 19.7 Å². The summed E-state index contributed by atoms with van der Waals surface area (Å²) < 4.78 is 15.0. The maximum atomic E-state index is 13.3. The highest BCUT2D eigenvalue weighted by atomic mass is 35.5. The molecule has 0 spiro atoms. The number of aromatic nitrogens is 4. The van der Waals surface area contributed by atoms with Crippen LogP contribution in [0.15, 0.2) is 6.20 Å². The van der Waals surface area contributed by atoms with Gasteiger partial charge in [-0.1, -0.05) is 18.5 Å². The van der Waals surface area contributed by atoms with Gasteiger partial charge in [-0.3, -0.25) is 4.68 Å². The third kappa shape index (κ3) is 2.15. The van der Waals surface area contributed by atoms with Crippen molar-refractivity contribution >= 4 is 11.6 Å². The van der Waals surface area contributed by atoms with E-state index in [1.807, 2.05) is 20.2 Å². The first-order chi connectivity index (χ1) is 8.02. The first kappa shape index (κ1) is 12.0. The molecule has 0 N–H and O–H groups in total. The van der Waals surface area contributed by atoms with Crippen LogP contribution in [0.4, 0.5) is 4.39 Å². The van der Waals surface area contributed by atoms with Crippen molar-refractivity contribution in [3.63, 3.8) is 0 Å². The summed E-state index contributed by atoms with van der Waals surface area (Å²) in [5.41, 5.74) is 1.90. The molecule has 0 saturated heterocycles. The highest BCUT2D eigenvalue weighted by molar-refractivity contribution is 6.29. The molecule has 2 aromatic heterocycles. The van der Waals surface area contributed by atoms with Gasteiger partial charge in [0.1, 0.15) is 0 Å². The van der Waals surface area contributed by atoms with E-state index in [9.17, 15) is 4.39 Å². The van der Waals surface area contributed by atoms with Gasteiger partial charge in [0.15, 0.2) is 16.8 Å². The smallest absolute Gasteiger partial charge is 0.181 e. The Morgan fingerprint density at radius 2 is 2.12 bits per heavy atom. The predicted molar refractivity (Wildman–Crippen MR) is 63.3 cm³/mol. The van der Waals surface area contributed by atoms with Crippen molar-refractivity contribution in [2.45, 2.75) is 20.3 Å². The summed E-state index contributed by atoms with van der Waals surface area (Å²) in [6, 6.07) is 0. The zero-order valence-electron chi connectivity index (χ0n) is 9.83. The Labute approximate surface area is 103 Å². The van der Waals surface area contributed by atoms with Crippen molar-refractivity contribution in [1.29, 1.82) is 0 Å². The molecule has 0 amide bonds. The van der Waals surface area contributed by atoms with E-state index in [4.69, 9.17) is 11.6 Å². The first-order valence-corrected chi connectivity index (χ1v) is 5.63. The van der Waals surface area contributed by atoms with E-state index in [2.05, 4.69) is 15.1 Å². The molecule has 0 unspecified atom stereocenters. The Bertz CT molecular complexity index is 542. The molecule has 2 aromatic rings. The minimum absolute atomic E-state index is 0.154. The number of aryl methyl sites for hydroxylation is 3. The van der Waals surface area contributed by atoms with Crippen molar-refractivity contribution in [2.75, 3.05) is 0 Å². The molecule has 0 saturated carbocycles. The van der Waals surface area contributed by atoms with Gasteiger partial charge in [0, 0.05) is 13.2 Å². The average molecular weight is 255 g/mol. The molecule has 2 heterocycles.